The number of esters is 3. The SMILES string of the molecule is CC(=O)OC[C@H]1OC(C(C)C)[C@H](OC(C)=O)[C@H]1OC(C)=O. The van der Waals surface area contributed by atoms with E-state index in [4.69, 9.17) is 18.9 Å². The Bertz CT molecular complexity index is 404. The van der Waals surface area contributed by atoms with E-state index in [1.807, 2.05) is 13.8 Å². The van der Waals surface area contributed by atoms with Crippen LogP contribution in [-0.4, -0.2) is 48.9 Å². The molecule has 0 aromatic carbocycles. The van der Waals surface area contributed by atoms with E-state index in [0.717, 1.165) is 0 Å². The summed E-state index contributed by atoms with van der Waals surface area (Å²) in [5.41, 5.74) is 0. The molecule has 1 saturated heterocycles. The van der Waals surface area contributed by atoms with Gasteiger partial charge in [-0.05, 0) is 5.92 Å². The summed E-state index contributed by atoms with van der Waals surface area (Å²) in [5.74, 6) is -1.43. The standard InChI is InChI=1S/C14H22O7/c1-7(2)12-14(20-10(5)17)13(19-9(4)16)11(21-12)6-18-8(3)15/h7,11-14H,6H2,1-5H3/t11-,12?,13+,14+/m1/s1. The molecule has 1 unspecified atom stereocenters. The largest absolute Gasteiger partial charge is 0.463 e. The molecule has 1 rings (SSSR count). The van der Waals surface area contributed by atoms with Gasteiger partial charge in [0.15, 0.2) is 12.2 Å². The normalized spacial score (nSPS) is 28.3. The molecule has 1 fully saturated rings. The van der Waals surface area contributed by atoms with E-state index in [1.165, 1.54) is 20.8 Å². The lowest BCUT2D eigenvalue weighted by molar-refractivity contribution is -0.166. The highest BCUT2D eigenvalue weighted by Gasteiger charge is 2.50. The van der Waals surface area contributed by atoms with Crippen molar-refractivity contribution in [1.29, 1.82) is 0 Å². The maximum atomic E-state index is 11.3. The minimum absolute atomic E-state index is 0.0368. The van der Waals surface area contributed by atoms with Gasteiger partial charge in [-0.1, -0.05) is 13.8 Å². The molecule has 0 aromatic heterocycles. The second kappa shape index (κ2) is 7.40. The molecule has 0 aliphatic carbocycles. The summed E-state index contributed by atoms with van der Waals surface area (Å²) < 4.78 is 21.2. The molecule has 7 heteroatoms. The predicted molar refractivity (Wildman–Crippen MR) is 71.2 cm³/mol. The first-order chi connectivity index (χ1) is 9.72. The van der Waals surface area contributed by atoms with Gasteiger partial charge in [-0.3, -0.25) is 14.4 Å². The highest BCUT2D eigenvalue weighted by atomic mass is 16.6. The molecule has 0 aromatic rings. The second-order valence-electron chi connectivity index (χ2n) is 5.33. The molecular weight excluding hydrogens is 280 g/mol. The Hall–Kier alpha value is -1.63. The molecule has 21 heavy (non-hydrogen) atoms. The van der Waals surface area contributed by atoms with Crippen molar-refractivity contribution >= 4 is 17.9 Å². The van der Waals surface area contributed by atoms with Gasteiger partial charge in [0.1, 0.15) is 18.8 Å². The number of hydrogen-bond acceptors (Lipinski definition) is 7. The molecule has 120 valence electrons. The zero-order valence-corrected chi connectivity index (χ0v) is 13.0. The Morgan fingerprint density at radius 3 is 1.90 bits per heavy atom. The minimum Gasteiger partial charge on any atom is -0.463 e. The lowest BCUT2D eigenvalue weighted by Gasteiger charge is -2.24. The van der Waals surface area contributed by atoms with Crippen LogP contribution in [0.1, 0.15) is 34.6 Å². The summed E-state index contributed by atoms with van der Waals surface area (Å²) in [5, 5.41) is 0. The fourth-order valence-corrected chi connectivity index (χ4v) is 2.29. The van der Waals surface area contributed by atoms with E-state index >= 15 is 0 Å². The van der Waals surface area contributed by atoms with Gasteiger partial charge in [-0.2, -0.15) is 0 Å². The van der Waals surface area contributed by atoms with E-state index < -0.39 is 42.3 Å². The maximum absolute atomic E-state index is 11.3. The van der Waals surface area contributed by atoms with Crippen molar-refractivity contribution in [3.8, 4) is 0 Å². The zero-order valence-electron chi connectivity index (χ0n) is 13.0. The summed E-state index contributed by atoms with van der Waals surface area (Å²) in [6.45, 7) is 7.56. The quantitative estimate of drug-likeness (QED) is 0.549. The average molecular weight is 302 g/mol. The van der Waals surface area contributed by atoms with Crippen LogP contribution in [0.25, 0.3) is 0 Å². The molecule has 0 radical (unpaired) electrons. The van der Waals surface area contributed by atoms with Crippen molar-refractivity contribution in [1.82, 2.24) is 0 Å². The Labute approximate surface area is 123 Å². The summed E-state index contributed by atoms with van der Waals surface area (Å²) in [6.07, 6.45) is -2.60. The maximum Gasteiger partial charge on any atom is 0.303 e. The van der Waals surface area contributed by atoms with Gasteiger partial charge in [0, 0.05) is 20.8 Å². The van der Waals surface area contributed by atoms with Gasteiger partial charge in [-0.15, -0.1) is 0 Å². The molecule has 1 aliphatic rings. The van der Waals surface area contributed by atoms with Crippen LogP contribution in [0.3, 0.4) is 0 Å². The molecule has 4 atom stereocenters. The first kappa shape index (κ1) is 17.4. The Morgan fingerprint density at radius 2 is 1.48 bits per heavy atom. The molecule has 1 heterocycles. The van der Waals surface area contributed by atoms with Crippen LogP contribution in [0.5, 0.6) is 0 Å². The third-order valence-corrected chi connectivity index (χ3v) is 3.06. The number of carbonyl (C=O) groups is 3. The number of carbonyl (C=O) groups excluding carboxylic acids is 3. The number of rotatable bonds is 5. The third kappa shape index (κ3) is 5.00. The van der Waals surface area contributed by atoms with Gasteiger partial charge < -0.3 is 18.9 Å². The third-order valence-electron chi connectivity index (χ3n) is 3.06. The minimum atomic E-state index is -0.793. The molecule has 1 aliphatic heterocycles. The highest BCUT2D eigenvalue weighted by Crippen LogP contribution is 2.31. The summed E-state index contributed by atoms with van der Waals surface area (Å²) in [7, 11) is 0. The molecule has 7 nitrogen and oxygen atoms in total. The van der Waals surface area contributed by atoms with E-state index in [1.54, 1.807) is 0 Å². The van der Waals surface area contributed by atoms with Crippen LogP contribution in [-0.2, 0) is 33.3 Å². The lowest BCUT2D eigenvalue weighted by atomic mass is 9.99. The Balaban J connectivity index is 2.93. The van der Waals surface area contributed by atoms with Gasteiger partial charge in [0.2, 0.25) is 0 Å². The van der Waals surface area contributed by atoms with Crippen LogP contribution < -0.4 is 0 Å². The first-order valence-electron chi connectivity index (χ1n) is 6.85. The van der Waals surface area contributed by atoms with E-state index in [9.17, 15) is 14.4 Å². The van der Waals surface area contributed by atoms with Gasteiger partial charge in [0.05, 0.1) is 0 Å². The van der Waals surface area contributed by atoms with E-state index in [0.29, 0.717) is 0 Å². The highest BCUT2D eigenvalue weighted by molar-refractivity contribution is 5.68. The van der Waals surface area contributed by atoms with Crippen molar-refractivity contribution in [2.45, 2.75) is 59.0 Å². The second-order valence-corrected chi connectivity index (χ2v) is 5.33. The van der Waals surface area contributed by atoms with Crippen LogP contribution in [0.4, 0.5) is 0 Å². The molecule has 0 saturated carbocycles. The molecule has 0 amide bonds. The van der Waals surface area contributed by atoms with Crippen molar-refractivity contribution in [3.05, 3.63) is 0 Å². The van der Waals surface area contributed by atoms with Gasteiger partial charge >= 0.3 is 17.9 Å². The lowest BCUT2D eigenvalue weighted by Crippen LogP contribution is -2.42. The van der Waals surface area contributed by atoms with Crippen LogP contribution >= 0.6 is 0 Å². The smallest absolute Gasteiger partial charge is 0.303 e. The van der Waals surface area contributed by atoms with Crippen molar-refractivity contribution < 1.29 is 33.3 Å². The molecule has 0 bridgehead atoms. The van der Waals surface area contributed by atoms with Gasteiger partial charge in [0.25, 0.3) is 0 Å². The Morgan fingerprint density at radius 1 is 0.952 bits per heavy atom. The van der Waals surface area contributed by atoms with Crippen LogP contribution in [0, 0.1) is 5.92 Å². The van der Waals surface area contributed by atoms with Gasteiger partial charge in [-0.25, -0.2) is 0 Å². The summed E-state index contributed by atoms with van der Waals surface area (Å²) in [4.78, 5) is 33.5. The number of hydrogen-bond donors (Lipinski definition) is 0. The Kier molecular flexibility index (Phi) is 6.14. The zero-order chi connectivity index (χ0) is 16.2. The van der Waals surface area contributed by atoms with Crippen LogP contribution in [0.2, 0.25) is 0 Å². The van der Waals surface area contributed by atoms with Crippen LogP contribution in [0.15, 0.2) is 0 Å². The monoisotopic (exact) mass is 302 g/mol. The summed E-state index contributed by atoms with van der Waals surface area (Å²) in [6, 6.07) is 0. The average Bonchev–Trinajstić information content (AvgIpc) is 2.64. The van der Waals surface area contributed by atoms with Crippen molar-refractivity contribution in [2.24, 2.45) is 5.92 Å². The summed E-state index contributed by atoms with van der Waals surface area (Å²) >= 11 is 0. The van der Waals surface area contributed by atoms with E-state index in [-0.39, 0.29) is 12.5 Å². The molecule has 0 N–H and O–H groups in total. The fraction of sp³-hybridized carbons (Fsp3) is 0.786. The molecular formula is C14H22O7. The van der Waals surface area contributed by atoms with Crippen molar-refractivity contribution in [3.63, 3.8) is 0 Å². The topological polar surface area (TPSA) is 88.1 Å². The first-order valence-corrected chi connectivity index (χ1v) is 6.85. The van der Waals surface area contributed by atoms with E-state index in [2.05, 4.69) is 0 Å². The predicted octanol–water partition coefficient (Wildman–Crippen LogP) is 0.836. The van der Waals surface area contributed by atoms with Crippen molar-refractivity contribution in [2.75, 3.05) is 6.61 Å². The number of ether oxygens (including phenoxy) is 4. The molecule has 0 spiro atoms. The fourth-order valence-electron chi connectivity index (χ4n) is 2.29.